The Bertz CT molecular complexity index is 1390. The summed E-state index contributed by atoms with van der Waals surface area (Å²) >= 11 is 0. The molecular formula is C25H27F2N3O8S. The molecule has 2 aromatic carbocycles. The molecule has 0 bridgehead atoms. The smallest absolute Gasteiger partial charge is 0.415 e. The van der Waals surface area contributed by atoms with Gasteiger partial charge in [0.25, 0.3) is 5.89 Å². The zero-order valence-electron chi connectivity index (χ0n) is 21.0. The van der Waals surface area contributed by atoms with Gasteiger partial charge in [0.2, 0.25) is 0 Å². The van der Waals surface area contributed by atoms with Crippen molar-refractivity contribution >= 4 is 39.0 Å². The van der Waals surface area contributed by atoms with E-state index in [1.165, 1.54) is 24.3 Å². The van der Waals surface area contributed by atoms with Crippen molar-refractivity contribution in [3.63, 3.8) is 0 Å². The van der Waals surface area contributed by atoms with Crippen molar-refractivity contribution in [2.45, 2.75) is 38.6 Å². The first-order valence-corrected chi connectivity index (χ1v) is 13.8. The van der Waals surface area contributed by atoms with Gasteiger partial charge in [0, 0.05) is 18.7 Å². The fraction of sp³-hybridized carbons (Fsp3) is 0.360. The third-order valence-corrected chi connectivity index (χ3v) is 7.15. The molecule has 0 aliphatic carbocycles. The number of carbonyl (C=O) groups is 3. The summed E-state index contributed by atoms with van der Waals surface area (Å²) in [5.41, 5.74) is 0.594. The van der Waals surface area contributed by atoms with Crippen LogP contribution >= 0.6 is 0 Å². The molecule has 3 rings (SSSR count). The summed E-state index contributed by atoms with van der Waals surface area (Å²) < 4.78 is 60.6. The van der Waals surface area contributed by atoms with Crippen LogP contribution in [0.4, 0.5) is 18.4 Å². The predicted octanol–water partition coefficient (Wildman–Crippen LogP) is 4.78. The number of unbranched alkanes of at least 4 members (excludes halogenated alkanes) is 2. The number of urea groups is 1. The number of amides is 4. The zero-order chi connectivity index (χ0) is 28.6. The van der Waals surface area contributed by atoms with E-state index in [2.05, 4.69) is 9.72 Å². The Morgan fingerprint density at radius 2 is 1.72 bits per heavy atom. The summed E-state index contributed by atoms with van der Waals surface area (Å²) in [7, 11) is -4.11. The third-order valence-electron chi connectivity index (χ3n) is 5.59. The number of imide groups is 2. The second-order valence-corrected chi connectivity index (χ2v) is 10.6. The molecule has 4 amide bonds. The minimum Gasteiger partial charge on any atom is -0.465 e. The molecule has 0 atom stereocenters. The largest absolute Gasteiger partial charge is 0.465 e. The number of benzene rings is 2. The molecule has 0 radical (unpaired) electrons. The van der Waals surface area contributed by atoms with E-state index < -0.39 is 58.4 Å². The number of rotatable bonds is 12. The van der Waals surface area contributed by atoms with Gasteiger partial charge < -0.3 is 14.3 Å². The maximum atomic E-state index is 13.2. The molecular weight excluding hydrogens is 540 g/mol. The molecule has 11 nitrogen and oxygen atoms in total. The lowest BCUT2D eigenvalue weighted by molar-refractivity contribution is -0.0503. The first kappa shape index (κ1) is 29.5. The van der Waals surface area contributed by atoms with Crippen LogP contribution in [0.15, 0.2) is 52.9 Å². The number of carbonyl (C=O) groups excluding carboxylic acids is 2. The number of aromatic nitrogens is 1. The van der Waals surface area contributed by atoms with Crippen LogP contribution in [0.2, 0.25) is 0 Å². The van der Waals surface area contributed by atoms with Crippen LogP contribution in [0.3, 0.4) is 0 Å². The van der Waals surface area contributed by atoms with Gasteiger partial charge in [-0.1, -0.05) is 50.1 Å². The quantitative estimate of drug-likeness (QED) is 0.305. The first-order valence-electron chi connectivity index (χ1n) is 12.0. The number of sulfone groups is 1. The Morgan fingerprint density at radius 3 is 2.38 bits per heavy atom. The second-order valence-electron chi connectivity index (χ2n) is 8.45. The Hall–Kier alpha value is -4.07. The maximum absolute atomic E-state index is 13.2. The van der Waals surface area contributed by atoms with E-state index in [1.54, 1.807) is 24.3 Å². The van der Waals surface area contributed by atoms with Crippen LogP contribution in [0.1, 0.15) is 42.4 Å². The summed E-state index contributed by atoms with van der Waals surface area (Å²) in [5, 5.41) is 9.69. The van der Waals surface area contributed by atoms with Gasteiger partial charge in [-0.3, -0.25) is 9.69 Å². The summed E-state index contributed by atoms with van der Waals surface area (Å²) in [6.45, 7) is -2.24. The SMILES string of the molecule is CCCCCN(C(=O)c1nc2ccccc2o1)C(=O)N(CCS(=O)(=O)Cc1ccccc1OC(F)F)C(=O)O. The Labute approximate surface area is 222 Å². The Morgan fingerprint density at radius 1 is 1.03 bits per heavy atom. The van der Waals surface area contributed by atoms with E-state index in [0.29, 0.717) is 28.8 Å². The van der Waals surface area contributed by atoms with Crippen molar-refractivity contribution in [2.75, 3.05) is 18.8 Å². The van der Waals surface area contributed by atoms with Crippen molar-refractivity contribution in [3.05, 3.63) is 60.0 Å². The van der Waals surface area contributed by atoms with E-state index in [0.717, 1.165) is 6.42 Å². The summed E-state index contributed by atoms with van der Waals surface area (Å²) in [4.78, 5) is 43.3. The van der Waals surface area contributed by atoms with E-state index in [9.17, 15) is 36.7 Å². The molecule has 1 heterocycles. The number of hydrogen-bond acceptors (Lipinski definition) is 8. The number of para-hydroxylation sites is 3. The topological polar surface area (TPSA) is 147 Å². The average Bonchev–Trinajstić information content (AvgIpc) is 3.31. The first-order chi connectivity index (χ1) is 18.5. The van der Waals surface area contributed by atoms with E-state index in [4.69, 9.17) is 4.42 Å². The third kappa shape index (κ3) is 7.96. The number of halogens is 2. The number of hydrogen-bond donors (Lipinski definition) is 1. The molecule has 0 fully saturated rings. The van der Waals surface area contributed by atoms with Gasteiger partial charge in [0.1, 0.15) is 11.3 Å². The van der Waals surface area contributed by atoms with Gasteiger partial charge in [-0.2, -0.15) is 8.78 Å². The van der Waals surface area contributed by atoms with Crippen LogP contribution in [0, 0.1) is 0 Å². The highest BCUT2D eigenvalue weighted by atomic mass is 32.2. The number of nitrogens with zero attached hydrogens (tertiary/aromatic N) is 3. The fourth-order valence-electron chi connectivity index (χ4n) is 3.68. The molecule has 0 aliphatic rings. The molecule has 0 spiro atoms. The maximum Gasteiger partial charge on any atom is 0.415 e. The van der Waals surface area contributed by atoms with Gasteiger partial charge in [-0.05, 0) is 24.6 Å². The summed E-state index contributed by atoms with van der Waals surface area (Å²) in [5.74, 6) is -3.30. The van der Waals surface area contributed by atoms with Crippen LogP contribution in [-0.4, -0.2) is 71.8 Å². The predicted molar refractivity (Wildman–Crippen MR) is 135 cm³/mol. The van der Waals surface area contributed by atoms with E-state index in [1.807, 2.05) is 6.92 Å². The summed E-state index contributed by atoms with van der Waals surface area (Å²) in [6, 6.07) is 10.5. The van der Waals surface area contributed by atoms with Gasteiger partial charge in [-0.15, -0.1) is 0 Å². The minimum atomic E-state index is -4.11. The van der Waals surface area contributed by atoms with Crippen molar-refractivity contribution in [2.24, 2.45) is 0 Å². The molecule has 0 aliphatic heterocycles. The Kier molecular flexibility index (Phi) is 9.93. The molecule has 0 saturated carbocycles. The van der Waals surface area contributed by atoms with Crippen molar-refractivity contribution in [1.82, 2.24) is 14.8 Å². The lowest BCUT2D eigenvalue weighted by Crippen LogP contribution is -2.50. The Balaban J connectivity index is 1.79. The minimum absolute atomic E-state index is 0.0571. The molecule has 1 aromatic heterocycles. The van der Waals surface area contributed by atoms with E-state index in [-0.39, 0.29) is 22.8 Å². The lowest BCUT2D eigenvalue weighted by Gasteiger charge is -2.25. The monoisotopic (exact) mass is 567 g/mol. The fourth-order valence-corrected chi connectivity index (χ4v) is 4.99. The van der Waals surface area contributed by atoms with Crippen LogP contribution in [0.5, 0.6) is 5.75 Å². The zero-order valence-corrected chi connectivity index (χ0v) is 21.8. The molecule has 3 aromatic rings. The molecule has 39 heavy (non-hydrogen) atoms. The van der Waals surface area contributed by atoms with E-state index >= 15 is 0 Å². The summed E-state index contributed by atoms with van der Waals surface area (Å²) in [6.07, 6.45) is -0.0356. The van der Waals surface area contributed by atoms with Gasteiger partial charge >= 0.3 is 24.6 Å². The normalized spacial score (nSPS) is 11.5. The number of carboxylic acid groups (broad SMARTS) is 1. The average molecular weight is 568 g/mol. The number of oxazole rings is 1. The van der Waals surface area contributed by atoms with Gasteiger partial charge in [0.05, 0.1) is 11.5 Å². The molecule has 0 saturated heterocycles. The van der Waals surface area contributed by atoms with Gasteiger partial charge in [-0.25, -0.2) is 27.9 Å². The van der Waals surface area contributed by atoms with Gasteiger partial charge in [0.15, 0.2) is 15.4 Å². The van der Waals surface area contributed by atoms with Crippen LogP contribution in [0.25, 0.3) is 11.1 Å². The van der Waals surface area contributed by atoms with Crippen molar-refractivity contribution < 1.29 is 45.8 Å². The molecule has 14 heteroatoms. The molecule has 1 N–H and O–H groups in total. The number of ether oxygens (including phenoxy) is 1. The standard InChI is InChI=1S/C25H27F2N3O8S/c1-2-3-8-13-29(22(31)21-28-18-10-5-7-12-20(18)37-21)24(32)30(25(33)34)14-15-39(35,36)16-17-9-4-6-11-19(17)38-23(26)27/h4-7,9-12,23H,2-3,8,13-16H2,1H3,(H,33,34). The lowest BCUT2D eigenvalue weighted by atomic mass is 10.2. The highest BCUT2D eigenvalue weighted by Crippen LogP contribution is 2.23. The van der Waals surface area contributed by atoms with Crippen LogP contribution < -0.4 is 4.74 Å². The van der Waals surface area contributed by atoms with Crippen molar-refractivity contribution in [3.8, 4) is 5.75 Å². The molecule has 0 unspecified atom stereocenters. The number of fused-ring (bicyclic) bond motifs is 1. The van der Waals surface area contributed by atoms with Crippen molar-refractivity contribution in [1.29, 1.82) is 0 Å². The van der Waals surface area contributed by atoms with Crippen LogP contribution in [-0.2, 0) is 15.6 Å². The number of alkyl halides is 2. The molecule has 210 valence electrons. The highest BCUT2D eigenvalue weighted by molar-refractivity contribution is 7.90. The second kappa shape index (κ2) is 13.1. The highest BCUT2D eigenvalue weighted by Gasteiger charge is 2.34.